The fraction of sp³-hybridized carbons (Fsp3) is 0.143. The molecule has 5 aromatic rings. The standard InChI is InChI=1S/C28H25N3O5/c1-18-30-16-23(35-18)17-34-21-5-4-6-22(13-21)36-20-9-7-19(8-10-20)31-25-11-12-29-26-15-28(33-3)27(32-2)14-24(25)26/h4-16H,17H2,1-3H3,(H,29,31). The van der Waals surface area contributed by atoms with E-state index in [1.165, 1.54) is 0 Å². The SMILES string of the molecule is COc1cc2nccc(Nc3ccc(Oc4cccc(OCc5cnc(C)o5)c4)cc3)c2cc1OC. The van der Waals surface area contributed by atoms with E-state index in [9.17, 15) is 0 Å². The number of benzene rings is 3. The van der Waals surface area contributed by atoms with E-state index in [0.29, 0.717) is 47.0 Å². The van der Waals surface area contributed by atoms with Crippen molar-refractivity contribution in [3.05, 3.63) is 90.8 Å². The Kier molecular flexibility index (Phi) is 6.57. The average molecular weight is 484 g/mol. The summed E-state index contributed by atoms with van der Waals surface area (Å²) in [6.07, 6.45) is 3.42. The molecule has 0 bridgehead atoms. The molecule has 1 N–H and O–H groups in total. The van der Waals surface area contributed by atoms with Crippen molar-refractivity contribution in [3.8, 4) is 28.7 Å². The van der Waals surface area contributed by atoms with Crippen molar-refractivity contribution in [1.29, 1.82) is 0 Å². The lowest BCUT2D eigenvalue weighted by molar-refractivity contribution is 0.266. The summed E-state index contributed by atoms with van der Waals surface area (Å²) >= 11 is 0. The molecule has 182 valence electrons. The van der Waals surface area contributed by atoms with Gasteiger partial charge in [0.1, 0.15) is 23.9 Å². The Morgan fingerprint density at radius 2 is 1.61 bits per heavy atom. The van der Waals surface area contributed by atoms with Crippen LogP contribution >= 0.6 is 0 Å². The number of nitrogens with one attached hydrogen (secondary N) is 1. The first kappa shape index (κ1) is 23.0. The molecule has 0 spiro atoms. The van der Waals surface area contributed by atoms with Gasteiger partial charge in [0.2, 0.25) is 0 Å². The van der Waals surface area contributed by atoms with E-state index >= 15 is 0 Å². The molecule has 0 aliphatic rings. The van der Waals surface area contributed by atoms with Crippen LogP contribution in [-0.4, -0.2) is 24.2 Å². The minimum absolute atomic E-state index is 0.299. The van der Waals surface area contributed by atoms with Crippen LogP contribution in [0.15, 0.2) is 83.5 Å². The first-order chi connectivity index (χ1) is 17.6. The van der Waals surface area contributed by atoms with Crippen LogP contribution in [0.5, 0.6) is 28.7 Å². The molecule has 0 aliphatic carbocycles. The topological polar surface area (TPSA) is 87.9 Å². The van der Waals surface area contributed by atoms with Crippen LogP contribution in [0.3, 0.4) is 0 Å². The first-order valence-corrected chi connectivity index (χ1v) is 11.3. The van der Waals surface area contributed by atoms with Gasteiger partial charge < -0.3 is 28.7 Å². The molecule has 0 unspecified atom stereocenters. The summed E-state index contributed by atoms with van der Waals surface area (Å²) in [5.74, 6) is 4.61. The van der Waals surface area contributed by atoms with E-state index in [1.807, 2.05) is 66.7 Å². The quantitative estimate of drug-likeness (QED) is 0.249. The number of ether oxygens (including phenoxy) is 4. The molecule has 5 rings (SSSR count). The predicted octanol–water partition coefficient (Wildman–Crippen LogP) is 6.66. The Hall–Kier alpha value is -4.72. The number of hydrogen-bond donors (Lipinski definition) is 1. The summed E-state index contributed by atoms with van der Waals surface area (Å²) in [7, 11) is 3.23. The Bertz CT molecular complexity index is 1480. The molecule has 2 heterocycles. The van der Waals surface area contributed by atoms with Gasteiger partial charge in [0.25, 0.3) is 0 Å². The number of rotatable bonds is 9. The van der Waals surface area contributed by atoms with Crippen molar-refractivity contribution in [3.63, 3.8) is 0 Å². The minimum atomic E-state index is 0.299. The van der Waals surface area contributed by atoms with E-state index in [-0.39, 0.29) is 0 Å². The molecular formula is C28H25N3O5. The normalized spacial score (nSPS) is 10.8. The van der Waals surface area contributed by atoms with Gasteiger partial charge >= 0.3 is 0 Å². The summed E-state index contributed by atoms with van der Waals surface area (Å²) in [6, 6.07) is 20.9. The number of aryl methyl sites for hydroxylation is 1. The number of hydrogen-bond acceptors (Lipinski definition) is 8. The molecule has 8 heteroatoms. The van der Waals surface area contributed by atoms with Gasteiger partial charge in [-0.25, -0.2) is 4.98 Å². The van der Waals surface area contributed by atoms with Gasteiger partial charge in [-0.1, -0.05) is 6.07 Å². The highest BCUT2D eigenvalue weighted by Gasteiger charge is 2.10. The van der Waals surface area contributed by atoms with Crippen molar-refractivity contribution in [1.82, 2.24) is 9.97 Å². The number of nitrogens with zero attached hydrogens (tertiary/aromatic N) is 2. The summed E-state index contributed by atoms with van der Waals surface area (Å²) in [5, 5.41) is 4.37. The van der Waals surface area contributed by atoms with Crippen molar-refractivity contribution in [2.75, 3.05) is 19.5 Å². The zero-order valence-electron chi connectivity index (χ0n) is 20.1. The number of fused-ring (bicyclic) bond motifs is 1. The third-order valence-electron chi connectivity index (χ3n) is 5.47. The average Bonchev–Trinajstić information content (AvgIpc) is 3.33. The van der Waals surface area contributed by atoms with Crippen molar-refractivity contribution in [2.24, 2.45) is 0 Å². The highest BCUT2D eigenvalue weighted by molar-refractivity contribution is 5.95. The molecule has 0 radical (unpaired) electrons. The number of anilines is 2. The highest BCUT2D eigenvalue weighted by Crippen LogP contribution is 2.35. The van der Waals surface area contributed by atoms with Crippen molar-refractivity contribution < 1.29 is 23.4 Å². The smallest absolute Gasteiger partial charge is 0.191 e. The second-order valence-electron chi connectivity index (χ2n) is 7.94. The molecule has 0 saturated carbocycles. The van der Waals surface area contributed by atoms with Crippen LogP contribution in [0, 0.1) is 6.92 Å². The lowest BCUT2D eigenvalue weighted by Crippen LogP contribution is -1.96. The predicted molar refractivity (Wildman–Crippen MR) is 137 cm³/mol. The molecule has 0 aliphatic heterocycles. The molecule has 0 saturated heterocycles. The summed E-state index contributed by atoms with van der Waals surface area (Å²) in [4.78, 5) is 8.53. The Labute approximate surface area is 208 Å². The third kappa shape index (κ3) is 5.17. The van der Waals surface area contributed by atoms with E-state index in [1.54, 1.807) is 33.5 Å². The fourth-order valence-corrected chi connectivity index (χ4v) is 3.73. The van der Waals surface area contributed by atoms with Gasteiger partial charge in [0.15, 0.2) is 23.1 Å². The van der Waals surface area contributed by atoms with Crippen LogP contribution in [0.25, 0.3) is 10.9 Å². The molecule has 3 aromatic carbocycles. The molecular weight excluding hydrogens is 458 g/mol. The van der Waals surface area contributed by atoms with Crippen LogP contribution in [0.2, 0.25) is 0 Å². The number of oxazole rings is 1. The first-order valence-electron chi connectivity index (χ1n) is 11.3. The minimum Gasteiger partial charge on any atom is -0.493 e. The maximum atomic E-state index is 6.02. The van der Waals surface area contributed by atoms with Crippen LogP contribution in [0.4, 0.5) is 11.4 Å². The second-order valence-corrected chi connectivity index (χ2v) is 7.94. The molecule has 8 nitrogen and oxygen atoms in total. The van der Waals surface area contributed by atoms with Gasteiger partial charge in [-0.05, 0) is 48.5 Å². The number of aromatic nitrogens is 2. The van der Waals surface area contributed by atoms with E-state index < -0.39 is 0 Å². The van der Waals surface area contributed by atoms with E-state index in [0.717, 1.165) is 22.3 Å². The van der Waals surface area contributed by atoms with Gasteiger partial charge in [-0.3, -0.25) is 4.98 Å². The fourth-order valence-electron chi connectivity index (χ4n) is 3.73. The molecule has 0 amide bonds. The van der Waals surface area contributed by atoms with E-state index in [2.05, 4.69) is 15.3 Å². The monoisotopic (exact) mass is 483 g/mol. The Balaban J connectivity index is 1.27. The second kappa shape index (κ2) is 10.3. The maximum absolute atomic E-state index is 6.02. The molecule has 0 fully saturated rings. The van der Waals surface area contributed by atoms with Crippen LogP contribution in [0.1, 0.15) is 11.7 Å². The Morgan fingerprint density at radius 1 is 0.833 bits per heavy atom. The molecule has 36 heavy (non-hydrogen) atoms. The zero-order chi connectivity index (χ0) is 24.9. The maximum Gasteiger partial charge on any atom is 0.191 e. The number of pyridine rings is 1. The van der Waals surface area contributed by atoms with Gasteiger partial charge in [0, 0.05) is 42.0 Å². The van der Waals surface area contributed by atoms with Crippen molar-refractivity contribution in [2.45, 2.75) is 13.5 Å². The van der Waals surface area contributed by atoms with Crippen LogP contribution < -0.4 is 24.3 Å². The van der Waals surface area contributed by atoms with Crippen LogP contribution in [-0.2, 0) is 6.61 Å². The summed E-state index contributed by atoms with van der Waals surface area (Å²) in [5.41, 5.74) is 2.61. The number of methoxy groups -OCH3 is 2. The van der Waals surface area contributed by atoms with Crippen molar-refractivity contribution >= 4 is 22.3 Å². The molecule has 0 atom stereocenters. The van der Waals surface area contributed by atoms with Gasteiger partial charge in [-0.15, -0.1) is 0 Å². The van der Waals surface area contributed by atoms with Gasteiger partial charge in [-0.2, -0.15) is 0 Å². The van der Waals surface area contributed by atoms with E-state index in [4.69, 9.17) is 23.4 Å². The lowest BCUT2D eigenvalue weighted by Gasteiger charge is -2.13. The lowest BCUT2D eigenvalue weighted by atomic mass is 10.1. The summed E-state index contributed by atoms with van der Waals surface area (Å²) in [6.45, 7) is 2.10. The third-order valence-corrected chi connectivity index (χ3v) is 5.47. The zero-order valence-corrected chi connectivity index (χ0v) is 20.1. The molecule has 2 aromatic heterocycles. The summed E-state index contributed by atoms with van der Waals surface area (Å²) < 4.78 is 28.1. The van der Waals surface area contributed by atoms with Gasteiger partial charge in [0.05, 0.1) is 25.9 Å². The highest BCUT2D eigenvalue weighted by atomic mass is 16.5. The largest absolute Gasteiger partial charge is 0.493 e. The Morgan fingerprint density at radius 3 is 2.36 bits per heavy atom.